The predicted octanol–water partition coefficient (Wildman–Crippen LogP) is -0.883. The van der Waals surface area contributed by atoms with Crippen LogP contribution in [0.15, 0.2) is 0 Å². The van der Waals surface area contributed by atoms with Crippen molar-refractivity contribution in [1.29, 1.82) is 0 Å². The fourth-order valence-electron chi connectivity index (χ4n) is 1.44. The van der Waals surface area contributed by atoms with Crippen molar-refractivity contribution in [2.24, 2.45) is 0 Å². The molecule has 3 N–H and O–H groups in total. The first kappa shape index (κ1) is 11.9. The van der Waals surface area contributed by atoms with Crippen molar-refractivity contribution in [3.63, 3.8) is 0 Å². The molecule has 1 saturated heterocycles. The van der Waals surface area contributed by atoms with E-state index in [-0.39, 0.29) is 13.0 Å². The minimum atomic E-state index is -1.14. The summed E-state index contributed by atoms with van der Waals surface area (Å²) in [6.07, 6.45) is 0.909. The Labute approximate surface area is 87.2 Å². The zero-order chi connectivity index (χ0) is 11.3. The van der Waals surface area contributed by atoms with E-state index in [0.29, 0.717) is 13.0 Å². The number of rotatable bonds is 5. The number of carbonyl (C=O) groups excluding carboxylic acids is 1. The molecular weight excluding hydrogens is 202 g/mol. The molecule has 1 amide bonds. The number of nitrogens with one attached hydrogen (secondary N) is 1. The number of aliphatic hydroxyl groups is 1. The Morgan fingerprint density at radius 3 is 2.73 bits per heavy atom. The molecule has 0 aromatic heterocycles. The fraction of sp³-hybridized carbons (Fsp3) is 0.778. The number of amides is 1. The summed E-state index contributed by atoms with van der Waals surface area (Å²) in [6, 6.07) is -1.04. The molecule has 0 saturated carbocycles. The average Bonchev–Trinajstić information content (AvgIpc) is 2.69. The number of hydrogen-bond acceptors (Lipinski definition) is 4. The fourth-order valence-corrected chi connectivity index (χ4v) is 1.44. The highest BCUT2D eigenvalue weighted by Gasteiger charge is 2.27. The van der Waals surface area contributed by atoms with Crippen LogP contribution in [0.3, 0.4) is 0 Å². The molecule has 6 nitrogen and oxygen atoms in total. The molecule has 0 aromatic carbocycles. The van der Waals surface area contributed by atoms with Gasteiger partial charge in [0.25, 0.3) is 0 Å². The number of carboxylic acid groups (broad SMARTS) is 1. The number of aliphatic hydroxyl groups excluding tert-OH is 1. The quantitative estimate of drug-likeness (QED) is 0.555. The Morgan fingerprint density at radius 2 is 2.27 bits per heavy atom. The van der Waals surface area contributed by atoms with Crippen LogP contribution in [0.2, 0.25) is 0 Å². The molecule has 15 heavy (non-hydrogen) atoms. The largest absolute Gasteiger partial charge is 0.480 e. The molecule has 0 aromatic rings. The molecule has 1 aliphatic rings. The third-order valence-corrected chi connectivity index (χ3v) is 2.25. The first-order chi connectivity index (χ1) is 7.15. The maximum atomic E-state index is 11.5. The van der Waals surface area contributed by atoms with E-state index in [2.05, 4.69) is 5.32 Å². The van der Waals surface area contributed by atoms with Crippen molar-refractivity contribution in [1.82, 2.24) is 5.32 Å². The average molecular weight is 217 g/mol. The SMILES string of the molecule is O=C(O)[C@H](CCO)NC(=O)[C@H]1CCCO1. The standard InChI is InChI=1S/C9H15NO5/c11-4-3-6(9(13)14)10-8(12)7-2-1-5-15-7/h6-7,11H,1-5H2,(H,10,12)(H,13,14)/t6-,7+/m0/s1. The van der Waals surface area contributed by atoms with E-state index < -0.39 is 24.0 Å². The molecule has 86 valence electrons. The summed E-state index contributed by atoms with van der Waals surface area (Å²) in [5.74, 6) is -1.55. The van der Waals surface area contributed by atoms with Crippen LogP contribution in [-0.2, 0) is 14.3 Å². The second-order valence-electron chi connectivity index (χ2n) is 3.41. The third kappa shape index (κ3) is 3.49. The van der Waals surface area contributed by atoms with Gasteiger partial charge in [0.15, 0.2) is 0 Å². The number of carboxylic acids is 1. The summed E-state index contributed by atoms with van der Waals surface area (Å²) in [4.78, 5) is 22.1. The minimum absolute atomic E-state index is 0.00773. The molecule has 1 heterocycles. The minimum Gasteiger partial charge on any atom is -0.480 e. The van der Waals surface area contributed by atoms with Crippen LogP contribution in [0.4, 0.5) is 0 Å². The van der Waals surface area contributed by atoms with Gasteiger partial charge in [0, 0.05) is 19.6 Å². The van der Waals surface area contributed by atoms with Gasteiger partial charge in [0.05, 0.1) is 0 Å². The zero-order valence-corrected chi connectivity index (χ0v) is 8.31. The summed E-state index contributed by atoms with van der Waals surface area (Å²) in [5.41, 5.74) is 0. The van der Waals surface area contributed by atoms with Crippen LogP contribution in [0.1, 0.15) is 19.3 Å². The van der Waals surface area contributed by atoms with Gasteiger partial charge in [-0.3, -0.25) is 4.79 Å². The summed E-state index contributed by atoms with van der Waals surface area (Å²) in [7, 11) is 0. The van der Waals surface area contributed by atoms with Crippen molar-refractivity contribution in [3.05, 3.63) is 0 Å². The van der Waals surface area contributed by atoms with E-state index in [9.17, 15) is 9.59 Å². The lowest BCUT2D eigenvalue weighted by Crippen LogP contribution is -2.45. The van der Waals surface area contributed by atoms with E-state index in [1.807, 2.05) is 0 Å². The Bertz CT molecular complexity index is 237. The third-order valence-electron chi connectivity index (χ3n) is 2.25. The number of ether oxygens (including phenoxy) is 1. The Kier molecular flexibility index (Phi) is 4.51. The molecule has 0 radical (unpaired) electrons. The second-order valence-corrected chi connectivity index (χ2v) is 3.41. The highest BCUT2D eigenvalue weighted by molar-refractivity contribution is 5.86. The van der Waals surface area contributed by atoms with Crippen LogP contribution in [0.25, 0.3) is 0 Å². The van der Waals surface area contributed by atoms with E-state index in [0.717, 1.165) is 6.42 Å². The van der Waals surface area contributed by atoms with Crippen molar-refractivity contribution in [2.75, 3.05) is 13.2 Å². The van der Waals surface area contributed by atoms with Gasteiger partial charge in [0.2, 0.25) is 5.91 Å². The monoisotopic (exact) mass is 217 g/mol. The summed E-state index contributed by atoms with van der Waals surface area (Å²) < 4.78 is 5.11. The lowest BCUT2D eigenvalue weighted by atomic mass is 10.2. The van der Waals surface area contributed by atoms with E-state index in [1.54, 1.807) is 0 Å². The summed E-state index contributed by atoms with van der Waals surface area (Å²) >= 11 is 0. The van der Waals surface area contributed by atoms with Crippen molar-refractivity contribution < 1.29 is 24.5 Å². The maximum absolute atomic E-state index is 11.5. The first-order valence-corrected chi connectivity index (χ1v) is 4.90. The topological polar surface area (TPSA) is 95.9 Å². The Balaban J connectivity index is 2.42. The van der Waals surface area contributed by atoms with Gasteiger partial charge in [-0.05, 0) is 12.8 Å². The Hall–Kier alpha value is -1.14. The highest BCUT2D eigenvalue weighted by atomic mass is 16.5. The van der Waals surface area contributed by atoms with Crippen LogP contribution < -0.4 is 5.32 Å². The van der Waals surface area contributed by atoms with Crippen molar-refractivity contribution in [3.8, 4) is 0 Å². The van der Waals surface area contributed by atoms with Gasteiger partial charge >= 0.3 is 5.97 Å². The molecule has 1 fully saturated rings. The molecule has 0 spiro atoms. The van der Waals surface area contributed by atoms with Crippen LogP contribution in [0.5, 0.6) is 0 Å². The van der Waals surface area contributed by atoms with Gasteiger partial charge in [-0.1, -0.05) is 0 Å². The second kappa shape index (κ2) is 5.67. The summed E-state index contributed by atoms with van der Waals surface area (Å²) in [6.45, 7) is 0.262. The van der Waals surface area contributed by atoms with Crippen LogP contribution >= 0.6 is 0 Å². The van der Waals surface area contributed by atoms with Gasteiger partial charge in [-0.15, -0.1) is 0 Å². The molecule has 0 bridgehead atoms. The first-order valence-electron chi connectivity index (χ1n) is 4.90. The van der Waals surface area contributed by atoms with Gasteiger partial charge in [-0.2, -0.15) is 0 Å². The number of aliphatic carboxylic acids is 1. The van der Waals surface area contributed by atoms with E-state index in [4.69, 9.17) is 14.9 Å². The van der Waals surface area contributed by atoms with Crippen molar-refractivity contribution in [2.45, 2.75) is 31.4 Å². The van der Waals surface area contributed by atoms with Gasteiger partial charge in [0.1, 0.15) is 12.1 Å². The van der Waals surface area contributed by atoms with Gasteiger partial charge < -0.3 is 20.3 Å². The molecule has 0 aliphatic carbocycles. The Morgan fingerprint density at radius 1 is 1.53 bits per heavy atom. The maximum Gasteiger partial charge on any atom is 0.326 e. The highest BCUT2D eigenvalue weighted by Crippen LogP contribution is 2.12. The van der Waals surface area contributed by atoms with Crippen molar-refractivity contribution >= 4 is 11.9 Å². The van der Waals surface area contributed by atoms with Gasteiger partial charge in [-0.25, -0.2) is 4.79 Å². The zero-order valence-electron chi connectivity index (χ0n) is 8.31. The van der Waals surface area contributed by atoms with E-state index >= 15 is 0 Å². The van der Waals surface area contributed by atoms with E-state index in [1.165, 1.54) is 0 Å². The molecule has 6 heteroatoms. The van der Waals surface area contributed by atoms with Crippen LogP contribution in [-0.4, -0.2) is 47.4 Å². The predicted molar refractivity (Wildman–Crippen MR) is 50.2 cm³/mol. The molecule has 2 atom stereocenters. The smallest absolute Gasteiger partial charge is 0.326 e. The molecular formula is C9H15NO5. The summed E-state index contributed by atoms with van der Waals surface area (Å²) in [5, 5.41) is 19.7. The molecule has 1 aliphatic heterocycles. The normalized spacial score (nSPS) is 22.3. The number of carbonyl (C=O) groups is 2. The lowest BCUT2D eigenvalue weighted by molar-refractivity contribution is -0.144. The molecule has 0 unspecified atom stereocenters. The molecule has 1 rings (SSSR count). The lowest BCUT2D eigenvalue weighted by Gasteiger charge is -2.15. The number of hydrogen-bond donors (Lipinski definition) is 3. The van der Waals surface area contributed by atoms with Crippen LogP contribution in [0, 0.1) is 0 Å².